The summed E-state index contributed by atoms with van der Waals surface area (Å²) in [5.74, 6) is 0.125. The number of piperazine rings is 1. The largest absolute Gasteiger partial charge is 0.339 e. The van der Waals surface area contributed by atoms with Gasteiger partial charge in [0.15, 0.2) is 0 Å². The van der Waals surface area contributed by atoms with E-state index in [4.69, 9.17) is 0 Å². The van der Waals surface area contributed by atoms with Crippen LogP contribution >= 0.6 is 0 Å². The monoisotopic (exact) mass is 266 g/mol. The Labute approximate surface area is 111 Å². The SMILES string of the molecule is CC(C)C(=O)N1CCN(C(=O)Cn2cnnn2)CC1. The van der Waals surface area contributed by atoms with Crippen LogP contribution in [0.15, 0.2) is 6.33 Å². The predicted molar refractivity (Wildman–Crippen MR) is 65.8 cm³/mol. The quantitative estimate of drug-likeness (QED) is 0.700. The van der Waals surface area contributed by atoms with Gasteiger partial charge in [-0.25, -0.2) is 4.68 Å². The fourth-order valence-corrected chi connectivity index (χ4v) is 2.03. The molecule has 0 radical (unpaired) electrons. The van der Waals surface area contributed by atoms with Crippen molar-refractivity contribution in [2.45, 2.75) is 20.4 Å². The maximum absolute atomic E-state index is 12.0. The van der Waals surface area contributed by atoms with E-state index in [1.54, 1.807) is 4.90 Å². The van der Waals surface area contributed by atoms with Crippen molar-refractivity contribution < 1.29 is 9.59 Å². The van der Waals surface area contributed by atoms with Gasteiger partial charge in [0.05, 0.1) is 0 Å². The third-order valence-electron chi connectivity index (χ3n) is 3.13. The number of carbonyl (C=O) groups excluding carboxylic acids is 2. The second-order valence-corrected chi connectivity index (χ2v) is 4.87. The second kappa shape index (κ2) is 5.77. The Morgan fingerprint density at radius 1 is 1.16 bits per heavy atom. The van der Waals surface area contributed by atoms with E-state index in [1.807, 2.05) is 18.7 Å². The zero-order chi connectivity index (χ0) is 13.8. The van der Waals surface area contributed by atoms with E-state index in [9.17, 15) is 9.59 Å². The highest BCUT2D eigenvalue weighted by Crippen LogP contribution is 2.07. The van der Waals surface area contributed by atoms with Gasteiger partial charge in [0.2, 0.25) is 11.8 Å². The highest BCUT2D eigenvalue weighted by molar-refractivity contribution is 5.79. The molecule has 1 saturated heterocycles. The second-order valence-electron chi connectivity index (χ2n) is 4.87. The van der Waals surface area contributed by atoms with Gasteiger partial charge in [0.25, 0.3) is 0 Å². The van der Waals surface area contributed by atoms with Crippen LogP contribution in [0.3, 0.4) is 0 Å². The summed E-state index contributed by atoms with van der Waals surface area (Å²) in [6.07, 6.45) is 1.41. The lowest BCUT2D eigenvalue weighted by atomic mass is 10.1. The van der Waals surface area contributed by atoms with E-state index < -0.39 is 0 Å². The summed E-state index contributed by atoms with van der Waals surface area (Å²) in [6, 6.07) is 0. The molecule has 0 N–H and O–H groups in total. The van der Waals surface area contributed by atoms with Crippen molar-refractivity contribution >= 4 is 11.8 Å². The van der Waals surface area contributed by atoms with Crippen LogP contribution in [0.1, 0.15) is 13.8 Å². The number of carbonyl (C=O) groups is 2. The van der Waals surface area contributed by atoms with Crippen LogP contribution in [-0.2, 0) is 16.1 Å². The molecule has 1 aliphatic heterocycles. The van der Waals surface area contributed by atoms with Crippen LogP contribution in [0.2, 0.25) is 0 Å². The summed E-state index contributed by atoms with van der Waals surface area (Å²) in [6.45, 7) is 6.25. The van der Waals surface area contributed by atoms with E-state index in [1.165, 1.54) is 11.0 Å². The Kier molecular flexibility index (Phi) is 4.08. The van der Waals surface area contributed by atoms with Gasteiger partial charge in [-0.15, -0.1) is 5.10 Å². The molecular formula is C11H18N6O2. The molecule has 1 aliphatic rings. The first kappa shape index (κ1) is 13.4. The topological polar surface area (TPSA) is 84.2 Å². The van der Waals surface area contributed by atoms with Gasteiger partial charge in [-0.2, -0.15) is 0 Å². The molecule has 0 bridgehead atoms. The van der Waals surface area contributed by atoms with Crippen molar-refractivity contribution in [2.24, 2.45) is 5.92 Å². The molecule has 0 spiro atoms. The lowest BCUT2D eigenvalue weighted by molar-refractivity contribution is -0.141. The molecule has 8 heteroatoms. The Morgan fingerprint density at radius 2 is 1.79 bits per heavy atom. The third kappa shape index (κ3) is 3.27. The Balaban J connectivity index is 1.83. The first-order chi connectivity index (χ1) is 9.08. The van der Waals surface area contributed by atoms with Crippen LogP contribution < -0.4 is 0 Å². The van der Waals surface area contributed by atoms with Gasteiger partial charge in [-0.1, -0.05) is 13.8 Å². The first-order valence-corrected chi connectivity index (χ1v) is 6.35. The normalized spacial score (nSPS) is 15.9. The molecule has 1 aromatic heterocycles. The van der Waals surface area contributed by atoms with E-state index in [0.29, 0.717) is 26.2 Å². The molecule has 0 saturated carbocycles. The number of nitrogens with zero attached hydrogens (tertiary/aromatic N) is 6. The van der Waals surface area contributed by atoms with Gasteiger partial charge < -0.3 is 9.80 Å². The minimum atomic E-state index is -0.0241. The highest BCUT2D eigenvalue weighted by atomic mass is 16.2. The minimum absolute atomic E-state index is 0.00322. The van der Waals surface area contributed by atoms with Gasteiger partial charge in [0.1, 0.15) is 12.9 Å². The van der Waals surface area contributed by atoms with E-state index >= 15 is 0 Å². The number of tetrazole rings is 1. The Hall–Kier alpha value is -1.99. The van der Waals surface area contributed by atoms with Gasteiger partial charge >= 0.3 is 0 Å². The minimum Gasteiger partial charge on any atom is -0.339 e. The van der Waals surface area contributed by atoms with Crippen molar-refractivity contribution in [1.82, 2.24) is 30.0 Å². The molecule has 104 valence electrons. The average Bonchev–Trinajstić information content (AvgIpc) is 2.90. The lowest BCUT2D eigenvalue weighted by Crippen LogP contribution is -2.52. The van der Waals surface area contributed by atoms with E-state index in [2.05, 4.69) is 15.5 Å². The summed E-state index contributed by atoms with van der Waals surface area (Å²) >= 11 is 0. The molecule has 0 atom stereocenters. The predicted octanol–water partition coefficient (Wildman–Crippen LogP) is -1.00. The third-order valence-corrected chi connectivity index (χ3v) is 3.13. The van der Waals surface area contributed by atoms with Crippen LogP contribution in [0, 0.1) is 5.92 Å². The van der Waals surface area contributed by atoms with Gasteiger partial charge in [-0.05, 0) is 10.4 Å². The summed E-state index contributed by atoms with van der Waals surface area (Å²) in [7, 11) is 0. The van der Waals surface area contributed by atoms with Crippen molar-refractivity contribution in [3.63, 3.8) is 0 Å². The molecule has 0 unspecified atom stereocenters. The molecule has 2 rings (SSSR count). The molecule has 0 aromatic carbocycles. The fraction of sp³-hybridized carbons (Fsp3) is 0.727. The van der Waals surface area contributed by atoms with Crippen LogP contribution in [0.5, 0.6) is 0 Å². The lowest BCUT2D eigenvalue weighted by Gasteiger charge is -2.35. The molecule has 19 heavy (non-hydrogen) atoms. The number of aromatic nitrogens is 4. The van der Waals surface area contributed by atoms with Gasteiger partial charge in [0, 0.05) is 32.1 Å². The standard InChI is InChI=1S/C11H18N6O2/c1-9(2)11(19)16-5-3-15(4-6-16)10(18)7-17-8-12-13-14-17/h8-9H,3-7H2,1-2H3. The van der Waals surface area contributed by atoms with Crippen molar-refractivity contribution in [2.75, 3.05) is 26.2 Å². The molecule has 2 heterocycles. The van der Waals surface area contributed by atoms with Crippen LogP contribution in [0.4, 0.5) is 0 Å². The molecule has 8 nitrogen and oxygen atoms in total. The summed E-state index contributed by atoms with van der Waals surface area (Å²) in [5, 5.41) is 10.6. The average molecular weight is 266 g/mol. The molecular weight excluding hydrogens is 248 g/mol. The number of rotatable bonds is 3. The van der Waals surface area contributed by atoms with Crippen LogP contribution in [-0.4, -0.2) is 68.0 Å². The smallest absolute Gasteiger partial charge is 0.244 e. The maximum atomic E-state index is 12.0. The van der Waals surface area contributed by atoms with E-state index in [0.717, 1.165) is 0 Å². The number of hydrogen-bond acceptors (Lipinski definition) is 5. The zero-order valence-electron chi connectivity index (χ0n) is 11.2. The van der Waals surface area contributed by atoms with Crippen molar-refractivity contribution in [1.29, 1.82) is 0 Å². The number of amides is 2. The van der Waals surface area contributed by atoms with Crippen LogP contribution in [0.25, 0.3) is 0 Å². The zero-order valence-corrected chi connectivity index (χ0v) is 11.2. The number of hydrogen-bond donors (Lipinski definition) is 0. The molecule has 0 aliphatic carbocycles. The molecule has 2 amide bonds. The fourth-order valence-electron chi connectivity index (χ4n) is 2.03. The Bertz CT molecular complexity index is 436. The summed E-state index contributed by atoms with van der Waals surface area (Å²) in [5.41, 5.74) is 0. The first-order valence-electron chi connectivity index (χ1n) is 6.35. The summed E-state index contributed by atoms with van der Waals surface area (Å²) in [4.78, 5) is 27.4. The molecule has 1 aromatic rings. The van der Waals surface area contributed by atoms with Crippen molar-refractivity contribution in [3.8, 4) is 0 Å². The highest BCUT2D eigenvalue weighted by Gasteiger charge is 2.25. The maximum Gasteiger partial charge on any atom is 0.244 e. The molecule has 1 fully saturated rings. The Morgan fingerprint density at radius 3 is 2.32 bits per heavy atom. The van der Waals surface area contributed by atoms with E-state index in [-0.39, 0.29) is 24.3 Å². The van der Waals surface area contributed by atoms with Crippen molar-refractivity contribution in [3.05, 3.63) is 6.33 Å². The van der Waals surface area contributed by atoms with Gasteiger partial charge in [-0.3, -0.25) is 9.59 Å². The summed E-state index contributed by atoms with van der Waals surface area (Å²) < 4.78 is 1.40.